The van der Waals surface area contributed by atoms with Crippen LogP contribution >= 0.6 is 11.6 Å². The lowest BCUT2D eigenvalue weighted by atomic mass is 9.61. The van der Waals surface area contributed by atoms with Crippen molar-refractivity contribution in [2.45, 2.75) is 86.2 Å². The third-order valence-electron chi connectivity index (χ3n) is 9.92. The average Bonchev–Trinajstić information content (AvgIpc) is 3.58. The monoisotopic (exact) mass is 623 g/mol. The fourth-order valence-electron chi connectivity index (χ4n) is 7.68. The van der Waals surface area contributed by atoms with Crippen LogP contribution in [-0.4, -0.2) is 67.0 Å². The predicted octanol–water partition coefficient (Wildman–Crippen LogP) is 5.87. The molecular weight excluding hydrogens is 572 g/mol. The van der Waals surface area contributed by atoms with Crippen molar-refractivity contribution in [2.75, 3.05) is 37.6 Å². The molecule has 2 saturated heterocycles. The van der Waals surface area contributed by atoms with Crippen LogP contribution in [0.1, 0.15) is 72.9 Å². The molecule has 2 aromatic rings. The van der Waals surface area contributed by atoms with Gasteiger partial charge >= 0.3 is 5.91 Å². The molecule has 0 aliphatic carbocycles. The van der Waals surface area contributed by atoms with Crippen molar-refractivity contribution in [3.8, 4) is 0 Å². The fraction of sp³-hybridized carbons (Fsp3) is 0.583. The van der Waals surface area contributed by atoms with E-state index in [1.807, 2.05) is 95.0 Å². The van der Waals surface area contributed by atoms with Crippen LogP contribution < -0.4 is 15.5 Å². The molecule has 7 nitrogen and oxygen atoms in total. The summed E-state index contributed by atoms with van der Waals surface area (Å²) in [6.45, 7) is 20.7. The van der Waals surface area contributed by atoms with Crippen molar-refractivity contribution < 1.29 is 18.9 Å². The van der Waals surface area contributed by atoms with Gasteiger partial charge in [-0.2, -0.15) is 0 Å². The minimum atomic E-state index is -0.888. The zero-order valence-electron chi connectivity index (χ0n) is 28.1. The molecule has 5 atom stereocenters. The van der Waals surface area contributed by atoms with E-state index in [0.29, 0.717) is 44.2 Å². The van der Waals surface area contributed by atoms with E-state index in [2.05, 4.69) is 31.4 Å². The number of nitrogens with zero attached hydrogens (tertiary/aromatic N) is 2. The molecule has 2 heterocycles. The van der Waals surface area contributed by atoms with Crippen LogP contribution in [0, 0.1) is 23.7 Å². The van der Waals surface area contributed by atoms with E-state index in [0.717, 1.165) is 16.8 Å². The smallest absolute Gasteiger partial charge is 0.326 e. The third-order valence-corrected chi connectivity index (χ3v) is 10.2. The number of quaternary nitrogens is 1. The standard InChI is InChI=1S/C36H51ClN4O3/c1-10-39-31(42)29-20-28(40(32(43)35(7,8)9)27-18-12-24(3)13-19-27)22-41(29,11-2)33(44)36(25-14-16-26(37)17-15-25)23-38-21-30(36)34(4,5)6/h12-19,28-30,38H,10-11,20-23H2,1-9H3/p+1/t28-,29-,30+,36+,41?/m0/s1. The van der Waals surface area contributed by atoms with Gasteiger partial charge in [-0.3, -0.25) is 9.59 Å². The normalized spacial score (nSPS) is 27.3. The van der Waals surface area contributed by atoms with E-state index in [9.17, 15) is 9.59 Å². The van der Waals surface area contributed by atoms with Gasteiger partial charge in [-0.15, -0.1) is 0 Å². The Morgan fingerprint density at radius 1 is 1.00 bits per heavy atom. The van der Waals surface area contributed by atoms with E-state index in [1.54, 1.807) is 0 Å². The Hall–Kier alpha value is -2.74. The average molecular weight is 624 g/mol. The Labute approximate surface area is 269 Å². The van der Waals surface area contributed by atoms with Gasteiger partial charge in [-0.25, -0.2) is 9.28 Å². The van der Waals surface area contributed by atoms with Gasteiger partial charge in [0.15, 0.2) is 6.04 Å². The molecular formula is C36H52ClN4O3+. The van der Waals surface area contributed by atoms with Crippen molar-refractivity contribution in [1.82, 2.24) is 10.6 Å². The highest BCUT2D eigenvalue weighted by Gasteiger charge is 2.66. The maximum atomic E-state index is 15.7. The van der Waals surface area contributed by atoms with E-state index in [-0.39, 0.29) is 39.6 Å². The van der Waals surface area contributed by atoms with Crippen LogP contribution in [-0.2, 0) is 19.8 Å². The number of anilines is 1. The maximum Gasteiger partial charge on any atom is 0.326 e. The molecule has 2 aliphatic rings. The minimum absolute atomic E-state index is 0.0207. The van der Waals surface area contributed by atoms with Crippen molar-refractivity contribution in [3.05, 3.63) is 64.7 Å². The number of nitrogens with one attached hydrogen (secondary N) is 2. The number of likely N-dealkylation sites (tertiary alicyclic amines) is 1. The van der Waals surface area contributed by atoms with Crippen molar-refractivity contribution in [2.24, 2.45) is 16.7 Å². The van der Waals surface area contributed by atoms with Crippen molar-refractivity contribution in [3.63, 3.8) is 0 Å². The number of amides is 3. The Balaban J connectivity index is 1.93. The highest BCUT2D eigenvalue weighted by Crippen LogP contribution is 2.50. The Morgan fingerprint density at radius 3 is 2.14 bits per heavy atom. The number of hydrogen-bond acceptors (Lipinski definition) is 4. The maximum absolute atomic E-state index is 15.7. The molecule has 0 radical (unpaired) electrons. The lowest BCUT2D eigenvalue weighted by Gasteiger charge is -2.47. The second-order valence-corrected chi connectivity index (χ2v) is 15.4. The quantitative estimate of drug-likeness (QED) is 0.378. The molecule has 2 aromatic carbocycles. The molecule has 0 bridgehead atoms. The summed E-state index contributed by atoms with van der Waals surface area (Å²) in [4.78, 5) is 45.8. The van der Waals surface area contributed by atoms with E-state index in [4.69, 9.17) is 11.6 Å². The number of likely N-dealkylation sites (N-methyl/N-ethyl adjacent to an activating group) is 2. The van der Waals surface area contributed by atoms with Crippen molar-refractivity contribution in [1.29, 1.82) is 0 Å². The van der Waals surface area contributed by atoms with Gasteiger partial charge in [0.1, 0.15) is 12.0 Å². The molecule has 0 aromatic heterocycles. The molecule has 2 fully saturated rings. The number of hydrogen-bond donors (Lipinski definition) is 2. The molecule has 0 spiro atoms. The molecule has 240 valence electrons. The number of aryl methyl sites for hydroxylation is 1. The van der Waals surface area contributed by atoms with Crippen LogP contribution in [0.5, 0.6) is 0 Å². The van der Waals surface area contributed by atoms with E-state index in [1.165, 1.54) is 0 Å². The largest absolute Gasteiger partial charge is 0.351 e. The topological polar surface area (TPSA) is 78.5 Å². The zero-order chi connectivity index (χ0) is 32.7. The Kier molecular flexibility index (Phi) is 9.75. The Bertz CT molecular complexity index is 1360. The zero-order valence-corrected chi connectivity index (χ0v) is 28.8. The molecule has 2 N–H and O–H groups in total. The summed E-state index contributed by atoms with van der Waals surface area (Å²) in [6.07, 6.45) is 0.394. The number of benzene rings is 2. The summed E-state index contributed by atoms with van der Waals surface area (Å²) < 4.78 is -0.0207. The first-order chi connectivity index (χ1) is 20.5. The lowest BCUT2D eigenvalue weighted by molar-refractivity contribution is -0.858. The number of rotatable bonds is 7. The van der Waals surface area contributed by atoms with Gasteiger partial charge in [0, 0.05) is 42.2 Å². The first kappa shape index (κ1) is 34.1. The number of halogens is 1. The SMILES string of the molecule is CCNC(=O)[C@@H]1C[C@H](N(C(=O)C(C)(C)C)c2ccc(C)cc2)C[N+]1(CC)C(=O)[C@@]1(c2ccc(Cl)cc2)CNC[C@@H]1C(C)(C)C. The molecule has 0 saturated carbocycles. The molecule has 44 heavy (non-hydrogen) atoms. The highest BCUT2D eigenvalue weighted by molar-refractivity contribution is 6.30. The lowest BCUT2D eigenvalue weighted by Crippen LogP contribution is -2.68. The van der Waals surface area contributed by atoms with Gasteiger partial charge in [-0.1, -0.05) is 83.0 Å². The van der Waals surface area contributed by atoms with E-state index < -0.39 is 16.9 Å². The van der Waals surface area contributed by atoms with Crippen LogP contribution in [0.3, 0.4) is 0 Å². The summed E-state index contributed by atoms with van der Waals surface area (Å²) in [5.41, 5.74) is 1.07. The van der Waals surface area contributed by atoms with Crippen LogP contribution in [0.15, 0.2) is 48.5 Å². The molecule has 2 aliphatic heterocycles. The fourth-order valence-corrected chi connectivity index (χ4v) is 7.80. The second-order valence-electron chi connectivity index (χ2n) is 14.9. The first-order valence-electron chi connectivity index (χ1n) is 16.1. The predicted molar refractivity (Wildman–Crippen MR) is 179 cm³/mol. The third kappa shape index (κ3) is 6.08. The van der Waals surface area contributed by atoms with Gasteiger partial charge in [0.05, 0.1) is 12.6 Å². The summed E-state index contributed by atoms with van der Waals surface area (Å²) in [5.74, 6) is -0.143. The van der Waals surface area contributed by atoms with Crippen LogP contribution in [0.2, 0.25) is 5.02 Å². The molecule has 8 heteroatoms. The van der Waals surface area contributed by atoms with Gasteiger partial charge in [-0.05, 0) is 61.9 Å². The number of carbonyl (C=O) groups excluding carboxylic acids is 3. The van der Waals surface area contributed by atoms with E-state index >= 15 is 4.79 Å². The van der Waals surface area contributed by atoms with Crippen LogP contribution in [0.25, 0.3) is 0 Å². The van der Waals surface area contributed by atoms with Crippen molar-refractivity contribution >= 4 is 35.0 Å². The van der Waals surface area contributed by atoms with Gasteiger partial charge in [0.25, 0.3) is 5.91 Å². The second kappa shape index (κ2) is 12.6. The summed E-state index contributed by atoms with van der Waals surface area (Å²) in [7, 11) is 0. The Morgan fingerprint density at radius 2 is 1.61 bits per heavy atom. The number of carbonyl (C=O) groups is 3. The summed E-state index contributed by atoms with van der Waals surface area (Å²) in [6, 6.07) is 14.7. The molecule has 3 amide bonds. The summed E-state index contributed by atoms with van der Waals surface area (Å²) >= 11 is 6.34. The van der Waals surface area contributed by atoms with Crippen LogP contribution in [0.4, 0.5) is 5.69 Å². The molecule has 4 rings (SSSR count). The molecule has 1 unspecified atom stereocenters. The van der Waals surface area contributed by atoms with Gasteiger partial charge < -0.3 is 15.5 Å². The highest BCUT2D eigenvalue weighted by atomic mass is 35.5. The summed E-state index contributed by atoms with van der Waals surface area (Å²) in [5, 5.41) is 7.23. The minimum Gasteiger partial charge on any atom is -0.351 e. The van der Waals surface area contributed by atoms with Gasteiger partial charge in [0.2, 0.25) is 5.91 Å². The first-order valence-corrected chi connectivity index (χ1v) is 16.5.